The van der Waals surface area contributed by atoms with E-state index in [2.05, 4.69) is 10.6 Å². The van der Waals surface area contributed by atoms with E-state index in [-0.39, 0.29) is 12.0 Å². The highest BCUT2D eigenvalue weighted by atomic mass is 16.5. The summed E-state index contributed by atoms with van der Waals surface area (Å²) in [5.41, 5.74) is 1.78. The van der Waals surface area contributed by atoms with Crippen molar-refractivity contribution in [3.8, 4) is 11.5 Å². The number of benzene rings is 2. The fraction of sp³-hybridized carbons (Fsp3) is 0.316. The molecule has 0 unspecified atom stereocenters. The summed E-state index contributed by atoms with van der Waals surface area (Å²) in [5, 5.41) is 6.14. The number of ether oxygens (including phenoxy) is 2. The van der Waals surface area contributed by atoms with Crippen LogP contribution in [0.25, 0.3) is 0 Å². The SMILES string of the molecule is Cc1cccc(Oc2ccccc2NC(=O)C[C@@H]2CNCCO2)c1. The van der Waals surface area contributed by atoms with Gasteiger partial charge in [-0.15, -0.1) is 0 Å². The maximum absolute atomic E-state index is 12.3. The van der Waals surface area contributed by atoms with Crippen LogP contribution in [0.1, 0.15) is 12.0 Å². The van der Waals surface area contributed by atoms with E-state index in [4.69, 9.17) is 9.47 Å². The minimum Gasteiger partial charge on any atom is -0.455 e. The molecule has 0 saturated carbocycles. The minimum absolute atomic E-state index is 0.0796. The Kier molecular flexibility index (Phi) is 5.46. The molecule has 3 rings (SSSR count). The van der Waals surface area contributed by atoms with E-state index in [9.17, 15) is 4.79 Å². The van der Waals surface area contributed by atoms with Gasteiger partial charge in [0.25, 0.3) is 0 Å². The summed E-state index contributed by atoms with van der Waals surface area (Å²) in [6, 6.07) is 15.2. The maximum Gasteiger partial charge on any atom is 0.227 e. The van der Waals surface area contributed by atoms with Gasteiger partial charge >= 0.3 is 0 Å². The van der Waals surface area contributed by atoms with Crippen molar-refractivity contribution in [1.29, 1.82) is 0 Å². The van der Waals surface area contributed by atoms with Gasteiger partial charge in [-0.2, -0.15) is 0 Å². The number of carbonyl (C=O) groups is 1. The van der Waals surface area contributed by atoms with Crippen LogP contribution < -0.4 is 15.4 Å². The van der Waals surface area contributed by atoms with Crippen molar-refractivity contribution in [3.63, 3.8) is 0 Å². The van der Waals surface area contributed by atoms with Crippen LogP contribution in [-0.2, 0) is 9.53 Å². The summed E-state index contributed by atoms with van der Waals surface area (Å²) in [6.45, 7) is 4.20. The Bertz CT molecular complexity index is 697. The first kappa shape index (κ1) is 16.5. The lowest BCUT2D eigenvalue weighted by atomic mass is 10.2. The molecule has 2 N–H and O–H groups in total. The first-order valence-corrected chi connectivity index (χ1v) is 8.16. The standard InChI is InChI=1S/C19H22N2O3/c1-14-5-4-6-15(11-14)24-18-8-3-2-7-17(18)21-19(22)12-16-13-20-9-10-23-16/h2-8,11,16,20H,9-10,12-13H2,1H3,(H,21,22)/t16-/m1/s1. The lowest BCUT2D eigenvalue weighted by Gasteiger charge is -2.23. The molecule has 1 aliphatic rings. The molecule has 0 bridgehead atoms. The lowest BCUT2D eigenvalue weighted by molar-refractivity contribution is -0.119. The van der Waals surface area contributed by atoms with Gasteiger partial charge in [0.05, 0.1) is 24.8 Å². The van der Waals surface area contributed by atoms with Crippen LogP contribution >= 0.6 is 0 Å². The Morgan fingerprint density at radius 2 is 2.17 bits per heavy atom. The summed E-state index contributed by atoms with van der Waals surface area (Å²) in [4.78, 5) is 12.3. The monoisotopic (exact) mass is 326 g/mol. The zero-order chi connectivity index (χ0) is 16.8. The zero-order valence-electron chi connectivity index (χ0n) is 13.7. The number of hydrogen-bond donors (Lipinski definition) is 2. The number of para-hydroxylation sites is 2. The highest BCUT2D eigenvalue weighted by Crippen LogP contribution is 2.29. The van der Waals surface area contributed by atoms with Crippen LogP contribution in [0.2, 0.25) is 0 Å². The van der Waals surface area contributed by atoms with Crippen molar-refractivity contribution >= 4 is 11.6 Å². The second-order valence-corrected chi connectivity index (χ2v) is 5.86. The quantitative estimate of drug-likeness (QED) is 0.886. The summed E-state index contributed by atoms with van der Waals surface area (Å²) < 4.78 is 11.5. The van der Waals surface area contributed by atoms with Gasteiger partial charge in [-0.3, -0.25) is 4.79 Å². The van der Waals surface area contributed by atoms with E-state index >= 15 is 0 Å². The van der Waals surface area contributed by atoms with E-state index in [0.717, 1.165) is 17.9 Å². The van der Waals surface area contributed by atoms with Crippen LogP contribution in [0.15, 0.2) is 48.5 Å². The molecule has 24 heavy (non-hydrogen) atoms. The van der Waals surface area contributed by atoms with Crippen molar-refractivity contribution in [2.24, 2.45) is 0 Å². The van der Waals surface area contributed by atoms with Gasteiger partial charge in [0.15, 0.2) is 5.75 Å². The van der Waals surface area contributed by atoms with Crippen LogP contribution in [0.3, 0.4) is 0 Å². The van der Waals surface area contributed by atoms with Crippen molar-refractivity contribution < 1.29 is 14.3 Å². The highest BCUT2D eigenvalue weighted by Gasteiger charge is 2.18. The number of carbonyl (C=O) groups excluding carboxylic acids is 1. The molecule has 0 aliphatic carbocycles. The van der Waals surface area contributed by atoms with E-state index < -0.39 is 0 Å². The van der Waals surface area contributed by atoms with Gasteiger partial charge in [-0.1, -0.05) is 24.3 Å². The molecule has 1 atom stereocenters. The molecule has 1 fully saturated rings. The van der Waals surface area contributed by atoms with Gasteiger partial charge in [-0.25, -0.2) is 0 Å². The zero-order valence-corrected chi connectivity index (χ0v) is 13.7. The van der Waals surface area contributed by atoms with Crippen LogP contribution in [0, 0.1) is 6.92 Å². The van der Waals surface area contributed by atoms with Crippen molar-refractivity contribution in [2.75, 3.05) is 25.0 Å². The Labute approximate surface area is 142 Å². The Morgan fingerprint density at radius 1 is 1.29 bits per heavy atom. The summed E-state index contributed by atoms with van der Waals surface area (Å²) >= 11 is 0. The van der Waals surface area contributed by atoms with E-state index in [0.29, 0.717) is 31.0 Å². The Morgan fingerprint density at radius 3 is 2.96 bits per heavy atom. The second kappa shape index (κ2) is 7.95. The third-order valence-electron chi connectivity index (χ3n) is 3.80. The molecule has 5 heteroatoms. The van der Waals surface area contributed by atoms with Crippen LogP contribution in [-0.4, -0.2) is 31.7 Å². The van der Waals surface area contributed by atoms with Gasteiger partial charge in [-0.05, 0) is 36.8 Å². The molecular weight excluding hydrogens is 304 g/mol. The predicted molar refractivity (Wildman–Crippen MR) is 93.6 cm³/mol. The van der Waals surface area contributed by atoms with Crippen molar-refractivity contribution in [3.05, 3.63) is 54.1 Å². The van der Waals surface area contributed by atoms with E-state index in [1.54, 1.807) is 0 Å². The van der Waals surface area contributed by atoms with Gasteiger partial charge < -0.3 is 20.1 Å². The molecule has 1 saturated heterocycles. The van der Waals surface area contributed by atoms with E-state index in [1.165, 1.54) is 0 Å². The average Bonchev–Trinajstić information content (AvgIpc) is 2.57. The average molecular weight is 326 g/mol. The fourth-order valence-corrected chi connectivity index (χ4v) is 2.62. The number of anilines is 1. The Hall–Kier alpha value is -2.37. The highest BCUT2D eigenvalue weighted by molar-refractivity contribution is 5.92. The topological polar surface area (TPSA) is 59.6 Å². The lowest BCUT2D eigenvalue weighted by Crippen LogP contribution is -2.40. The molecule has 0 aromatic heterocycles. The van der Waals surface area contributed by atoms with Crippen LogP contribution in [0.5, 0.6) is 11.5 Å². The minimum atomic E-state index is -0.0800. The number of nitrogens with one attached hydrogen (secondary N) is 2. The first-order valence-electron chi connectivity index (χ1n) is 8.16. The fourth-order valence-electron chi connectivity index (χ4n) is 2.62. The molecule has 0 spiro atoms. The predicted octanol–water partition coefficient (Wildman–Crippen LogP) is 3.10. The number of amides is 1. The third kappa shape index (κ3) is 4.57. The molecule has 0 radical (unpaired) electrons. The first-order chi connectivity index (χ1) is 11.7. The molecule has 1 heterocycles. The van der Waals surface area contributed by atoms with Crippen molar-refractivity contribution in [2.45, 2.75) is 19.4 Å². The summed E-state index contributed by atoms with van der Waals surface area (Å²) in [5.74, 6) is 1.29. The molecule has 126 valence electrons. The molecule has 5 nitrogen and oxygen atoms in total. The molecular formula is C19H22N2O3. The molecule has 1 amide bonds. The van der Waals surface area contributed by atoms with Gasteiger partial charge in [0.2, 0.25) is 5.91 Å². The molecule has 1 aliphatic heterocycles. The van der Waals surface area contributed by atoms with Gasteiger partial charge in [0.1, 0.15) is 5.75 Å². The Balaban J connectivity index is 1.66. The smallest absolute Gasteiger partial charge is 0.227 e. The second-order valence-electron chi connectivity index (χ2n) is 5.86. The summed E-state index contributed by atoms with van der Waals surface area (Å²) in [6.07, 6.45) is 0.245. The number of rotatable bonds is 5. The van der Waals surface area contributed by atoms with Gasteiger partial charge in [0, 0.05) is 13.1 Å². The molecule has 2 aromatic carbocycles. The number of aryl methyl sites for hydroxylation is 1. The van der Waals surface area contributed by atoms with Crippen molar-refractivity contribution in [1.82, 2.24) is 5.32 Å². The molecule has 2 aromatic rings. The number of morpholine rings is 1. The van der Waals surface area contributed by atoms with E-state index in [1.807, 2.05) is 55.5 Å². The maximum atomic E-state index is 12.3. The third-order valence-corrected chi connectivity index (χ3v) is 3.80. The largest absolute Gasteiger partial charge is 0.455 e. The summed E-state index contributed by atoms with van der Waals surface area (Å²) in [7, 11) is 0. The normalized spacial score (nSPS) is 17.3. The number of hydrogen-bond acceptors (Lipinski definition) is 4. The van der Waals surface area contributed by atoms with Crippen LogP contribution in [0.4, 0.5) is 5.69 Å².